The van der Waals surface area contributed by atoms with Crippen molar-refractivity contribution >= 4 is 23.5 Å². The van der Waals surface area contributed by atoms with Crippen molar-refractivity contribution in [2.24, 2.45) is 5.92 Å². The number of carbonyl (C=O) groups excluding carboxylic acids is 2. The fourth-order valence-electron chi connectivity index (χ4n) is 2.65. The summed E-state index contributed by atoms with van der Waals surface area (Å²) in [5.41, 5.74) is 1.23. The van der Waals surface area contributed by atoms with Crippen LogP contribution in [0.25, 0.3) is 0 Å². The number of aryl methyl sites for hydroxylation is 1. The molecular formula is C19H20N2O5. The maximum absolute atomic E-state index is 12.5. The van der Waals surface area contributed by atoms with Crippen LogP contribution in [-0.2, 0) is 11.3 Å². The molecule has 2 amide bonds. The molecule has 0 unspecified atom stereocenters. The average Bonchev–Trinajstić information content (AvgIpc) is 3.38. The van der Waals surface area contributed by atoms with E-state index in [1.54, 1.807) is 38.2 Å². The van der Waals surface area contributed by atoms with E-state index in [9.17, 15) is 14.4 Å². The van der Waals surface area contributed by atoms with Gasteiger partial charge in [-0.05, 0) is 50.1 Å². The summed E-state index contributed by atoms with van der Waals surface area (Å²) < 4.78 is 5.40. The third-order valence-corrected chi connectivity index (χ3v) is 4.29. The first-order chi connectivity index (χ1) is 12.3. The predicted octanol–water partition coefficient (Wildman–Crippen LogP) is 2.91. The zero-order valence-corrected chi connectivity index (χ0v) is 14.6. The SMILES string of the molecule is Cc1oc(CN(C)C(=O)c2ccc(NC(=O)C3CC3)cc2)cc1C(=O)O. The second-order valence-corrected chi connectivity index (χ2v) is 6.49. The maximum Gasteiger partial charge on any atom is 0.339 e. The molecule has 0 aliphatic heterocycles. The number of furan rings is 1. The number of nitrogens with zero attached hydrogens (tertiary/aromatic N) is 1. The van der Waals surface area contributed by atoms with Crippen LogP contribution in [0.5, 0.6) is 0 Å². The zero-order chi connectivity index (χ0) is 18.8. The smallest absolute Gasteiger partial charge is 0.339 e. The molecule has 0 radical (unpaired) electrons. The van der Waals surface area contributed by atoms with Crippen LogP contribution >= 0.6 is 0 Å². The quantitative estimate of drug-likeness (QED) is 0.829. The van der Waals surface area contributed by atoms with E-state index in [1.807, 2.05) is 0 Å². The van der Waals surface area contributed by atoms with Crippen molar-refractivity contribution in [1.82, 2.24) is 4.90 Å². The Hall–Kier alpha value is -3.09. The van der Waals surface area contributed by atoms with Crippen molar-refractivity contribution < 1.29 is 23.9 Å². The number of rotatable bonds is 6. The standard InChI is InChI=1S/C19H20N2O5/c1-11-16(19(24)25)9-15(26-11)10-21(2)18(23)13-5-7-14(8-6-13)20-17(22)12-3-4-12/h5-9,12H,3-4,10H2,1-2H3,(H,20,22)(H,24,25). The summed E-state index contributed by atoms with van der Waals surface area (Å²) >= 11 is 0. The van der Waals surface area contributed by atoms with Crippen LogP contribution in [0.2, 0.25) is 0 Å². The Morgan fingerprint density at radius 2 is 1.88 bits per heavy atom. The Labute approximate surface area is 150 Å². The number of carbonyl (C=O) groups is 3. The van der Waals surface area contributed by atoms with Gasteiger partial charge in [-0.25, -0.2) is 4.79 Å². The Morgan fingerprint density at radius 1 is 1.23 bits per heavy atom. The molecule has 0 atom stereocenters. The molecule has 3 rings (SSSR count). The third-order valence-electron chi connectivity index (χ3n) is 4.29. The van der Waals surface area contributed by atoms with Gasteiger partial charge in [0.25, 0.3) is 5.91 Å². The van der Waals surface area contributed by atoms with Gasteiger partial charge in [0, 0.05) is 24.2 Å². The number of hydrogen-bond donors (Lipinski definition) is 2. The first-order valence-corrected chi connectivity index (χ1v) is 8.34. The van der Waals surface area contributed by atoms with Crippen molar-refractivity contribution in [2.75, 3.05) is 12.4 Å². The van der Waals surface area contributed by atoms with Crippen LogP contribution in [-0.4, -0.2) is 34.8 Å². The van der Waals surface area contributed by atoms with Gasteiger partial charge in [0.1, 0.15) is 17.1 Å². The summed E-state index contributed by atoms with van der Waals surface area (Å²) in [6.07, 6.45) is 1.87. The van der Waals surface area contributed by atoms with Crippen molar-refractivity contribution in [2.45, 2.75) is 26.3 Å². The molecule has 1 heterocycles. The molecule has 1 aromatic carbocycles. The minimum Gasteiger partial charge on any atom is -0.478 e. The minimum absolute atomic E-state index is 0.0172. The third kappa shape index (κ3) is 3.93. The lowest BCUT2D eigenvalue weighted by Crippen LogP contribution is -2.26. The number of carboxylic acids is 1. The van der Waals surface area contributed by atoms with Gasteiger partial charge in [0.05, 0.1) is 6.54 Å². The van der Waals surface area contributed by atoms with E-state index in [1.165, 1.54) is 11.0 Å². The molecule has 136 valence electrons. The lowest BCUT2D eigenvalue weighted by atomic mass is 10.1. The Morgan fingerprint density at radius 3 is 2.42 bits per heavy atom. The fraction of sp³-hybridized carbons (Fsp3) is 0.316. The molecule has 0 spiro atoms. The maximum atomic E-state index is 12.5. The number of aromatic carboxylic acids is 1. The van der Waals surface area contributed by atoms with E-state index < -0.39 is 5.97 Å². The van der Waals surface area contributed by atoms with E-state index in [0.717, 1.165) is 12.8 Å². The molecule has 7 heteroatoms. The van der Waals surface area contributed by atoms with Crippen molar-refractivity contribution in [1.29, 1.82) is 0 Å². The highest BCUT2D eigenvalue weighted by Gasteiger charge is 2.29. The largest absolute Gasteiger partial charge is 0.478 e. The van der Waals surface area contributed by atoms with E-state index in [2.05, 4.69) is 5.32 Å². The summed E-state index contributed by atoms with van der Waals surface area (Å²) in [6, 6.07) is 8.12. The summed E-state index contributed by atoms with van der Waals surface area (Å²) in [7, 11) is 1.61. The summed E-state index contributed by atoms with van der Waals surface area (Å²) in [5.74, 6) is -0.432. The van der Waals surface area contributed by atoms with Crippen LogP contribution in [0.15, 0.2) is 34.7 Å². The van der Waals surface area contributed by atoms with E-state index >= 15 is 0 Å². The second-order valence-electron chi connectivity index (χ2n) is 6.49. The van der Waals surface area contributed by atoms with Gasteiger partial charge in [0.15, 0.2) is 0 Å². The highest BCUT2D eigenvalue weighted by molar-refractivity contribution is 5.96. The van der Waals surface area contributed by atoms with Gasteiger partial charge in [-0.2, -0.15) is 0 Å². The van der Waals surface area contributed by atoms with Crippen molar-refractivity contribution in [3.8, 4) is 0 Å². The highest BCUT2D eigenvalue weighted by atomic mass is 16.4. The van der Waals surface area contributed by atoms with E-state index in [4.69, 9.17) is 9.52 Å². The first kappa shape index (κ1) is 17.7. The highest BCUT2D eigenvalue weighted by Crippen LogP contribution is 2.30. The summed E-state index contributed by atoms with van der Waals surface area (Å²) in [6.45, 7) is 1.73. The topological polar surface area (TPSA) is 99.9 Å². The second kappa shape index (κ2) is 7.03. The molecule has 1 fully saturated rings. The molecule has 26 heavy (non-hydrogen) atoms. The molecule has 1 saturated carbocycles. The van der Waals surface area contributed by atoms with Crippen LogP contribution in [0.4, 0.5) is 5.69 Å². The first-order valence-electron chi connectivity index (χ1n) is 8.34. The summed E-state index contributed by atoms with van der Waals surface area (Å²) in [4.78, 5) is 36.8. The monoisotopic (exact) mass is 356 g/mol. The minimum atomic E-state index is -1.06. The Bertz CT molecular complexity index is 849. The van der Waals surface area contributed by atoms with Crippen LogP contribution in [0.1, 0.15) is 45.1 Å². The van der Waals surface area contributed by atoms with E-state index in [-0.39, 0.29) is 29.8 Å². The molecule has 7 nitrogen and oxygen atoms in total. The van der Waals surface area contributed by atoms with Gasteiger partial charge in [0.2, 0.25) is 5.91 Å². The van der Waals surface area contributed by atoms with Gasteiger partial charge in [-0.15, -0.1) is 0 Å². The van der Waals surface area contributed by atoms with Crippen molar-refractivity contribution in [3.63, 3.8) is 0 Å². The molecular weight excluding hydrogens is 336 g/mol. The number of amides is 2. The predicted molar refractivity (Wildman–Crippen MR) is 94.0 cm³/mol. The Kier molecular flexibility index (Phi) is 4.79. The molecule has 1 aliphatic carbocycles. The molecule has 2 N–H and O–H groups in total. The normalized spacial score (nSPS) is 13.3. The summed E-state index contributed by atoms with van der Waals surface area (Å²) in [5, 5.41) is 11.9. The van der Waals surface area contributed by atoms with Gasteiger partial charge >= 0.3 is 5.97 Å². The Balaban J connectivity index is 1.63. The zero-order valence-electron chi connectivity index (χ0n) is 14.6. The van der Waals surface area contributed by atoms with Gasteiger partial charge < -0.3 is 19.7 Å². The molecule has 0 bridgehead atoms. The van der Waals surface area contributed by atoms with Crippen LogP contribution in [0, 0.1) is 12.8 Å². The van der Waals surface area contributed by atoms with Crippen molar-refractivity contribution in [3.05, 3.63) is 53.0 Å². The number of hydrogen-bond acceptors (Lipinski definition) is 4. The number of anilines is 1. The number of nitrogens with one attached hydrogen (secondary N) is 1. The average molecular weight is 356 g/mol. The van der Waals surface area contributed by atoms with Gasteiger partial charge in [-0.1, -0.05) is 0 Å². The molecule has 1 aromatic heterocycles. The van der Waals surface area contributed by atoms with Crippen LogP contribution < -0.4 is 5.32 Å². The van der Waals surface area contributed by atoms with E-state index in [0.29, 0.717) is 22.8 Å². The number of benzene rings is 1. The molecule has 2 aromatic rings. The molecule has 0 saturated heterocycles. The lowest BCUT2D eigenvalue weighted by Gasteiger charge is -2.16. The van der Waals surface area contributed by atoms with Crippen LogP contribution in [0.3, 0.4) is 0 Å². The lowest BCUT2D eigenvalue weighted by molar-refractivity contribution is -0.117. The molecule has 1 aliphatic rings. The fourth-order valence-corrected chi connectivity index (χ4v) is 2.65. The van der Waals surface area contributed by atoms with Gasteiger partial charge in [-0.3, -0.25) is 9.59 Å². The number of carboxylic acid groups (broad SMARTS) is 1.